The van der Waals surface area contributed by atoms with Gasteiger partial charge in [-0.05, 0) is 58.7 Å². The number of imide groups is 1. The molecule has 1 N–H and O–H groups in total. The zero-order valence-electron chi connectivity index (χ0n) is 37.7. The molecular formula is C51H44N6O13. The first-order valence-corrected chi connectivity index (χ1v) is 22.1. The van der Waals surface area contributed by atoms with E-state index in [0.717, 1.165) is 27.2 Å². The molecule has 19 nitrogen and oxygen atoms in total. The Morgan fingerprint density at radius 2 is 1.40 bits per heavy atom. The number of carbonyl (C=O) groups excluding carboxylic acids is 3. The van der Waals surface area contributed by atoms with Crippen LogP contribution in [0.5, 0.6) is 17.4 Å². The second-order valence-corrected chi connectivity index (χ2v) is 16.3. The quantitative estimate of drug-likeness (QED) is 0.0276. The van der Waals surface area contributed by atoms with Crippen LogP contribution in [0, 0.1) is 10.1 Å². The number of nitro benzene ring substituents is 1. The zero-order valence-corrected chi connectivity index (χ0v) is 37.7. The van der Waals surface area contributed by atoms with E-state index in [9.17, 15) is 34.4 Å². The van der Waals surface area contributed by atoms with Crippen molar-refractivity contribution in [1.82, 2.24) is 19.5 Å². The van der Waals surface area contributed by atoms with Gasteiger partial charge in [-0.25, -0.2) is 9.88 Å². The lowest BCUT2D eigenvalue weighted by Crippen LogP contribution is -2.39. The summed E-state index contributed by atoms with van der Waals surface area (Å²) in [6.45, 7) is -0.170. The smallest absolute Gasteiger partial charge is 0.306 e. The average Bonchev–Trinajstić information content (AvgIpc) is 4.07. The van der Waals surface area contributed by atoms with E-state index in [1.807, 2.05) is 78.9 Å². The Labute approximate surface area is 399 Å². The molecule has 0 saturated carbocycles. The number of benzene rings is 5. The second kappa shape index (κ2) is 20.0. The normalized spacial score (nSPS) is 16.5. The lowest BCUT2D eigenvalue weighted by Gasteiger charge is -2.37. The van der Waals surface area contributed by atoms with E-state index < -0.39 is 65.6 Å². The van der Waals surface area contributed by atoms with Crippen molar-refractivity contribution in [2.24, 2.45) is 0 Å². The highest BCUT2D eigenvalue weighted by Gasteiger charge is 2.45. The van der Waals surface area contributed by atoms with Crippen LogP contribution in [-0.2, 0) is 35.8 Å². The number of aliphatic carboxylic acids is 1. The van der Waals surface area contributed by atoms with Crippen LogP contribution < -0.4 is 19.1 Å². The van der Waals surface area contributed by atoms with Crippen LogP contribution >= 0.6 is 0 Å². The number of carboxylic acid groups (broad SMARTS) is 1. The third kappa shape index (κ3) is 9.22. The molecule has 5 aromatic carbocycles. The molecule has 0 radical (unpaired) electrons. The summed E-state index contributed by atoms with van der Waals surface area (Å²) in [7, 11) is 3.15. The maximum absolute atomic E-state index is 13.8. The minimum atomic E-state index is -1.30. The van der Waals surface area contributed by atoms with Crippen LogP contribution in [0.1, 0.15) is 68.5 Å². The van der Waals surface area contributed by atoms with Crippen molar-refractivity contribution in [3.63, 3.8) is 0 Å². The van der Waals surface area contributed by atoms with Gasteiger partial charge in [0.05, 0.1) is 62.7 Å². The summed E-state index contributed by atoms with van der Waals surface area (Å²) in [4.78, 5) is 77.9. The predicted octanol–water partition coefficient (Wildman–Crippen LogP) is 7.25. The molecule has 0 aliphatic carbocycles. The van der Waals surface area contributed by atoms with E-state index in [4.69, 9.17) is 33.4 Å². The van der Waals surface area contributed by atoms with Crippen LogP contribution in [0.3, 0.4) is 0 Å². The first-order chi connectivity index (χ1) is 34.0. The molecular weight excluding hydrogens is 905 g/mol. The Kier molecular flexibility index (Phi) is 13.3. The fourth-order valence-corrected chi connectivity index (χ4v) is 8.58. The molecule has 1 saturated heterocycles. The fourth-order valence-electron chi connectivity index (χ4n) is 8.58. The molecule has 0 unspecified atom stereocenters. The van der Waals surface area contributed by atoms with Gasteiger partial charge in [0, 0.05) is 25.0 Å². The molecule has 356 valence electrons. The number of anilines is 1. The van der Waals surface area contributed by atoms with Gasteiger partial charge in [-0.3, -0.25) is 33.9 Å². The van der Waals surface area contributed by atoms with Gasteiger partial charge < -0.3 is 33.5 Å². The van der Waals surface area contributed by atoms with Crippen molar-refractivity contribution in [2.75, 3.05) is 32.3 Å². The summed E-state index contributed by atoms with van der Waals surface area (Å²) in [5, 5.41) is 20.6. The van der Waals surface area contributed by atoms with Crippen LogP contribution in [0.4, 0.5) is 11.6 Å². The van der Waals surface area contributed by atoms with Crippen LogP contribution in [-0.4, -0.2) is 92.9 Å². The lowest BCUT2D eigenvalue weighted by atomic mass is 9.80. The van der Waals surface area contributed by atoms with Gasteiger partial charge in [-0.1, -0.05) is 78.9 Å². The first-order valence-electron chi connectivity index (χ1n) is 22.1. The molecule has 1 fully saturated rings. The molecule has 2 aliphatic rings. The number of hydrogen-bond donors (Lipinski definition) is 1. The van der Waals surface area contributed by atoms with Gasteiger partial charge in [0.1, 0.15) is 35.5 Å². The minimum Gasteiger partial charge on any atom is -0.497 e. The monoisotopic (exact) mass is 948 g/mol. The number of hydrogen-bond acceptors (Lipinski definition) is 15. The van der Waals surface area contributed by atoms with Crippen LogP contribution in [0.15, 0.2) is 134 Å². The van der Waals surface area contributed by atoms with Crippen molar-refractivity contribution in [2.45, 2.75) is 49.7 Å². The molecule has 0 bridgehead atoms. The highest BCUT2D eigenvalue weighted by molar-refractivity contribution is 6.34. The number of ether oxygens (including phenoxy) is 6. The van der Waals surface area contributed by atoms with Gasteiger partial charge in [0.15, 0.2) is 11.2 Å². The number of methoxy groups -OCH3 is 2. The molecule has 4 heterocycles. The highest BCUT2D eigenvalue weighted by atomic mass is 16.6. The number of carboxylic acids is 1. The number of non-ortho nitro benzene ring substituents is 1. The Balaban J connectivity index is 1.09. The van der Waals surface area contributed by atoms with Crippen molar-refractivity contribution in [3.05, 3.63) is 177 Å². The summed E-state index contributed by atoms with van der Waals surface area (Å²) in [5.41, 5.74) is 2.16. The number of nitro groups is 1. The van der Waals surface area contributed by atoms with Gasteiger partial charge >= 0.3 is 11.9 Å². The SMILES string of the molecule is COc1ccc(C(OC[C@H]2O[C@@H](n3cnc4c(OCCc5ccc([N+](=O)[O-])cc5)nc(N5C(=O)c6ccccc6C5=O)nc43)C[C@@H]2OC(=O)CCC(=O)O)(c2ccccc2)c2ccc(OC)cc2)cc1. The summed E-state index contributed by atoms with van der Waals surface area (Å²) >= 11 is 0. The molecule has 19 heteroatoms. The Hall–Kier alpha value is -8.55. The molecule has 9 rings (SSSR count). The van der Waals surface area contributed by atoms with Gasteiger partial charge in [0.2, 0.25) is 11.8 Å². The van der Waals surface area contributed by atoms with Gasteiger partial charge in [-0.2, -0.15) is 9.97 Å². The average molecular weight is 949 g/mol. The Bertz CT molecular complexity index is 2990. The molecule has 2 aliphatic heterocycles. The summed E-state index contributed by atoms with van der Waals surface area (Å²) < 4.78 is 38.7. The van der Waals surface area contributed by atoms with E-state index in [0.29, 0.717) is 17.9 Å². The molecule has 2 aromatic heterocycles. The summed E-state index contributed by atoms with van der Waals surface area (Å²) in [5.74, 6) is -2.37. The first kappa shape index (κ1) is 46.6. The number of amides is 2. The summed E-state index contributed by atoms with van der Waals surface area (Å²) in [6, 6.07) is 36.8. The van der Waals surface area contributed by atoms with Crippen molar-refractivity contribution in [3.8, 4) is 17.4 Å². The third-order valence-electron chi connectivity index (χ3n) is 12.1. The number of carbonyl (C=O) groups is 4. The van der Waals surface area contributed by atoms with Crippen molar-refractivity contribution in [1.29, 1.82) is 0 Å². The number of nitrogens with zero attached hydrogens (tertiary/aromatic N) is 6. The van der Waals surface area contributed by atoms with Crippen molar-refractivity contribution >= 4 is 46.6 Å². The second-order valence-electron chi connectivity index (χ2n) is 16.3. The van der Waals surface area contributed by atoms with E-state index in [-0.39, 0.29) is 59.4 Å². The number of esters is 1. The van der Waals surface area contributed by atoms with Crippen molar-refractivity contribution < 1.29 is 57.6 Å². The number of imidazole rings is 1. The Morgan fingerprint density at radius 1 is 0.800 bits per heavy atom. The molecule has 0 spiro atoms. The molecule has 3 atom stereocenters. The third-order valence-corrected chi connectivity index (χ3v) is 12.1. The highest BCUT2D eigenvalue weighted by Crippen LogP contribution is 2.44. The Morgan fingerprint density at radius 3 is 1.99 bits per heavy atom. The lowest BCUT2D eigenvalue weighted by molar-refractivity contribution is -0.384. The van der Waals surface area contributed by atoms with E-state index >= 15 is 0 Å². The maximum Gasteiger partial charge on any atom is 0.306 e. The molecule has 2 amide bonds. The summed E-state index contributed by atoms with van der Waals surface area (Å²) in [6.07, 6.45) is -2.08. The zero-order chi connectivity index (χ0) is 48.9. The number of aromatic nitrogens is 4. The van der Waals surface area contributed by atoms with Gasteiger partial charge in [0.25, 0.3) is 17.5 Å². The molecule has 70 heavy (non-hydrogen) atoms. The standard InChI is InChI=1S/C51H44N6O13/c1-65-36-20-14-33(15-21-36)51(32-8-4-3-5-9-32,34-16-22-37(66-2)23-17-34)68-29-41-40(70-44(60)25-24-43(58)59)28-42(69-41)55-30-52-45-46(55)53-50(56-48(61)38-10-6-7-11-39(38)49(56)62)54-47(45)67-27-26-31-12-18-35(19-13-31)57(63)64/h3-23,30,40-42H,24-29H2,1-2H3,(H,58,59)/t40-,41+,42+/m0/s1. The maximum atomic E-state index is 13.8. The van der Waals surface area contributed by atoms with Gasteiger partial charge in [-0.15, -0.1) is 0 Å². The number of rotatable bonds is 19. The van der Waals surface area contributed by atoms with Crippen LogP contribution in [0.2, 0.25) is 0 Å². The van der Waals surface area contributed by atoms with E-state index in [1.54, 1.807) is 43.1 Å². The topological polar surface area (TPSA) is 234 Å². The minimum absolute atomic E-state index is 0.00436. The fraction of sp³-hybridized carbons (Fsp3) is 0.235. The number of fused-ring (bicyclic) bond motifs is 2. The van der Waals surface area contributed by atoms with E-state index in [1.165, 1.54) is 30.6 Å². The predicted molar refractivity (Wildman–Crippen MR) is 249 cm³/mol. The largest absolute Gasteiger partial charge is 0.497 e. The van der Waals surface area contributed by atoms with Crippen LogP contribution in [0.25, 0.3) is 11.2 Å². The molecule has 7 aromatic rings. The van der Waals surface area contributed by atoms with E-state index in [2.05, 4.69) is 9.97 Å².